The number of carbonyl (C=O) groups is 1. The topological polar surface area (TPSA) is 72.7 Å². The molecule has 2 aromatic carbocycles. The van der Waals surface area contributed by atoms with E-state index in [2.05, 4.69) is 20.5 Å². The molecule has 0 bridgehead atoms. The molecule has 4 rings (SSSR count). The summed E-state index contributed by atoms with van der Waals surface area (Å²) in [6.45, 7) is 2.37. The molecule has 1 atom stereocenters. The first-order valence-electron chi connectivity index (χ1n) is 9.62. The predicted molar refractivity (Wildman–Crippen MR) is 118 cm³/mol. The second-order valence-corrected chi connectivity index (χ2v) is 7.98. The average Bonchev–Trinajstić information content (AvgIpc) is 3.22. The molecule has 0 aliphatic carbocycles. The van der Waals surface area contributed by atoms with Gasteiger partial charge in [0.25, 0.3) is 0 Å². The predicted octanol–water partition coefficient (Wildman–Crippen LogP) is 4.13. The number of amides is 1. The summed E-state index contributed by atoms with van der Waals surface area (Å²) < 4.78 is 1.97. The smallest absolute Gasteiger partial charge is 0.233 e. The highest BCUT2D eigenvalue weighted by atomic mass is 32.2. The van der Waals surface area contributed by atoms with E-state index in [1.54, 1.807) is 12.4 Å². The lowest BCUT2D eigenvalue weighted by atomic mass is 10.2. The Labute approximate surface area is 179 Å². The van der Waals surface area contributed by atoms with Gasteiger partial charge in [-0.3, -0.25) is 14.3 Å². The quantitative estimate of drug-likeness (QED) is 0.460. The van der Waals surface area contributed by atoms with Crippen molar-refractivity contribution in [3.05, 3.63) is 90.8 Å². The Morgan fingerprint density at radius 2 is 1.63 bits per heavy atom. The molecule has 2 heterocycles. The van der Waals surface area contributed by atoms with Crippen molar-refractivity contribution >= 4 is 17.7 Å². The van der Waals surface area contributed by atoms with Crippen LogP contribution >= 0.6 is 11.8 Å². The zero-order valence-electron chi connectivity index (χ0n) is 16.5. The van der Waals surface area contributed by atoms with Crippen LogP contribution < -0.4 is 5.32 Å². The van der Waals surface area contributed by atoms with Crippen LogP contribution in [-0.2, 0) is 11.3 Å². The molecule has 1 N–H and O–H groups in total. The van der Waals surface area contributed by atoms with Gasteiger partial charge in [-0.15, -0.1) is 10.2 Å². The van der Waals surface area contributed by atoms with Crippen molar-refractivity contribution in [2.75, 3.05) is 0 Å². The molecule has 0 spiro atoms. The largest absolute Gasteiger partial charge is 0.351 e. The van der Waals surface area contributed by atoms with E-state index in [-0.39, 0.29) is 11.2 Å². The van der Waals surface area contributed by atoms with E-state index < -0.39 is 0 Å². The second-order valence-electron chi connectivity index (χ2n) is 6.68. The number of para-hydroxylation sites is 1. The summed E-state index contributed by atoms with van der Waals surface area (Å²) in [6.07, 6.45) is 3.46. The molecule has 4 aromatic rings. The molecule has 0 saturated carbocycles. The normalized spacial score (nSPS) is 11.8. The van der Waals surface area contributed by atoms with Gasteiger partial charge in [0, 0.05) is 30.2 Å². The molecule has 2 aromatic heterocycles. The van der Waals surface area contributed by atoms with E-state index in [1.165, 1.54) is 11.8 Å². The van der Waals surface area contributed by atoms with Gasteiger partial charge in [0.1, 0.15) is 0 Å². The zero-order valence-corrected chi connectivity index (χ0v) is 17.3. The van der Waals surface area contributed by atoms with Crippen molar-refractivity contribution in [1.29, 1.82) is 0 Å². The maximum absolute atomic E-state index is 12.6. The van der Waals surface area contributed by atoms with Gasteiger partial charge in [0.05, 0.1) is 5.25 Å². The number of thioether (sulfide) groups is 1. The first-order valence-corrected chi connectivity index (χ1v) is 10.5. The van der Waals surface area contributed by atoms with Gasteiger partial charge in [-0.25, -0.2) is 0 Å². The SMILES string of the molecule is CC(Sc1nnc(-c2ccncc2)n1-c1ccccc1)C(=O)NCc1ccccc1. The van der Waals surface area contributed by atoms with Gasteiger partial charge in [-0.05, 0) is 36.8 Å². The van der Waals surface area contributed by atoms with Crippen LogP contribution in [0.15, 0.2) is 90.3 Å². The van der Waals surface area contributed by atoms with E-state index in [1.807, 2.05) is 84.3 Å². The van der Waals surface area contributed by atoms with Gasteiger partial charge < -0.3 is 5.32 Å². The first kappa shape index (κ1) is 19.8. The number of pyridine rings is 1. The molecule has 0 aliphatic rings. The van der Waals surface area contributed by atoms with Crippen molar-refractivity contribution in [2.45, 2.75) is 23.9 Å². The third-order valence-electron chi connectivity index (χ3n) is 4.55. The Morgan fingerprint density at radius 1 is 0.967 bits per heavy atom. The maximum atomic E-state index is 12.6. The van der Waals surface area contributed by atoms with Crippen LogP contribution in [0.1, 0.15) is 12.5 Å². The molecule has 1 amide bonds. The van der Waals surface area contributed by atoms with Crippen LogP contribution in [0.4, 0.5) is 0 Å². The average molecular weight is 416 g/mol. The van der Waals surface area contributed by atoms with Crippen LogP contribution in [0.3, 0.4) is 0 Å². The highest BCUT2D eigenvalue weighted by molar-refractivity contribution is 8.00. The number of hydrogen-bond acceptors (Lipinski definition) is 5. The van der Waals surface area contributed by atoms with Crippen molar-refractivity contribution in [1.82, 2.24) is 25.1 Å². The molecule has 0 saturated heterocycles. The molecule has 150 valence electrons. The first-order chi connectivity index (χ1) is 14.7. The standard InChI is InChI=1S/C23H21N5OS/c1-17(22(29)25-16-18-8-4-2-5-9-18)30-23-27-26-21(19-12-14-24-15-13-19)28(23)20-10-6-3-7-11-20/h2-15,17H,16H2,1H3,(H,25,29). The molecule has 0 fully saturated rings. The molecular formula is C23H21N5OS. The van der Waals surface area contributed by atoms with Crippen LogP contribution in [0.2, 0.25) is 0 Å². The van der Waals surface area contributed by atoms with Crippen LogP contribution in [-0.4, -0.2) is 30.9 Å². The lowest BCUT2D eigenvalue weighted by Crippen LogP contribution is -2.30. The molecule has 0 radical (unpaired) electrons. The van der Waals surface area contributed by atoms with Crippen molar-refractivity contribution in [3.63, 3.8) is 0 Å². The number of rotatable bonds is 7. The lowest BCUT2D eigenvalue weighted by Gasteiger charge is -2.14. The monoisotopic (exact) mass is 415 g/mol. The Kier molecular flexibility index (Phi) is 6.20. The van der Waals surface area contributed by atoms with Crippen LogP contribution in [0.25, 0.3) is 17.1 Å². The summed E-state index contributed by atoms with van der Waals surface area (Å²) in [5.74, 6) is 0.667. The van der Waals surface area contributed by atoms with Gasteiger partial charge in [-0.1, -0.05) is 60.3 Å². The Balaban J connectivity index is 1.56. The van der Waals surface area contributed by atoms with Gasteiger partial charge in [0.2, 0.25) is 5.91 Å². The number of carbonyl (C=O) groups excluding carboxylic acids is 1. The van der Waals surface area contributed by atoms with Gasteiger partial charge >= 0.3 is 0 Å². The fourth-order valence-corrected chi connectivity index (χ4v) is 3.88. The summed E-state index contributed by atoms with van der Waals surface area (Å²) >= 11 is 1.39. The van der Waals surface area contributed by atoms with Gasteiger partial charge in [-0.2, -0.15) is 0 Å². The minimum atomic E-state index is -0.328. The number of aromatic nitrogens is 4. The number of hydrogen-bond donors (Lipinski definition) is 1. The Bertz CT molecular complexity index is 1100. The Hall–Kier alpha value is -3.45. The molecule has 6 nitrogen and oxygen atoms in total. The van der Waals surface area contributed by atoms with Crippen LogP contribution in [0.5, 0.6) is 0 Å². The summed E-state index contributed by atoms with van der Waals surface area (Å²) in [7, 11) is 0. The van der Waals surface area contributed by atoms with Crippen molar-refractivity contribution < 1.29 is 4.79 Å². The zero-order chi connectivity index (χ0) is 20.8. The summed E-state index contributed by atoms with van der Waals surface area (Å²) in [5.41, 5.74) is 2.92. The van der Waals surface area contributed by atoms with E-state index in [0.717, 1.165) is 16.8 Å². The number of nitrogens with zero attached hydrogens (tertiary/aromatic N) is 4. The fraction of sp³-hybridized carbons (Fsp3) is 0.130. The molecule has 30 heavy (non-hydrogen) atoms. The highest BCUT2D eigenvalue weighted by Gasteiger charge is 2.21. The summed E-state index contributed by atoms with van der Waals surface area (Å²) in [5, 5.41) is 12.1. The maximum Gasteiger partial charge on any atom is 0.233 e. The van der Waals surface area contributed by atoms with Crippen LogP contribution in [0, 0.1) is 0 Å². The van der Waals surface area contributed by atoms with Crippen molar-refractivity contribution in [2.24, 2.45) is 0 Å². The number of benzene rings is 2. The van der Waals surface area contributed by atoms with E-state index >= 15 is 0 Å². The molecule has 0 aliphatic heterocycles. The summed E-state index contributed by atoms with van der Waals surface area (Å²) in [6, 6.07) is 23.6. The number of nitrogens with one attached hydrogen (secondary N) is 1. The molecular weight excluding hydrogens is 394 g/mol. The summed E-state index contributed by atoms with van der Waals surface area (Å²) in [4.78, 5) is 16.7. The molecule has 1 unspecified atom stereocenters. The fourth-order valence-electron chi connectivity index (χ4n) is 2.98. The van der Waals surface area contributed by atoms with E-state index in [0.29, 0.717) is 17.5 Å². The highest BCUT2D eigenvalue weighted by Crippen LogP contribution is 2.29. The second kappa shape index (κ2) is 9.37. The van der Waals surface area contributed by atoms with Crippen molar-refractivity contribution in [3.8, 4) is 17.1 Å². The van der Waals surface area contributed by atoms with E-state index in [4.69, 9.17) is 0 Å². The minimum Gasteiger partial charge on any atom is -0.351 e. The Morgan fingerprint density at radius 3 is 2.33 bits per heavy atom. The van der Waals surface area contributed by atoms with E-state index in [9.17, 15) is 4.79 Å². The third kappa shape index (κ3) is 4.58. The van der Waals surface area contributed by atoms with Gasteiger partial charge in [0.15, 0.2) is 11.0 Å². The minimum absolute atomic E-state index is 0.0445. The molecule has 7 heteroatoms. The third-order valence-corrected chi connectivity index (χ3v) is 5.59. The lowest BCUT2D eigenvalue weighted by molar-refractivity contribution is -0.120.